The summed E-state index contributed by atoms with van der Waals surface area (Å²) in [6.07, 6.45) is 21.3. The molecular weight excluding hydrogens is 741 g/mol. The van der Waals surface area contributed by atoms with Crippen LogP contribution < -0.4 is 5.73 Å². The van der Waals surface area contributed by atoms with Crippen LogP contribution in [0.15, 0.2) is 0 Å². The van der Waals surface area contributed by atoms with Gasteiger partial charge >= 0.3 is 26.5 Å². The molecular formula is C46H90NO9P. The Morgan fingerprint density at radius 1 is 0.491 bits per heavy atom. The SMILES string of the molecule is CC(C)CCCC(C)CCCC(C)CCCC(C)CC(=O)OC[C@H](COP(O)OC[C@H](N)C(=O)O)OC(=O)CC(C)CCCC(C)CCCC(C)CCCC(C)C. The molecule has 0 heterocycles. The Bertz CT molecular complexity index is 1010. The van der Waals surface area contributed by atoms with E-state index in [1.807, 2.05) is 6.92 Å². The van der Waals surface area contributed by atoms with Gasteiger partial charge in [0.25, 0.3) is 0 Å². The van der Waals surface area contributed by atoms with Crippen LogP contribution in [0, 0.1) is 47.3 Å². The maximum atomic E-state index is 13.0. The summed E-state index contributed by atoms with van der Waals surface area (Å²) in [6.45, 7) is 21.7. The molecule has 0 aromatic rings. The van der Waals surface area contributed by atoms with E-state index in [-0.39, 0.29) is 43.9 Å². The van der Waals surface area contributed by atoms with Gasteiger partial charge in [-0.3, -0.25) is 14.4 Å². The minimum atomic E-state index is -2.48. The van der Waals surface area contributed by atoms with Crippen molar-refractivity contribution in [3.05, 3.63) is 0 Å². The number of carboxylic acids is 1. The molecule has 0 rings (SSSR count). The van der Waals surface area contributed by atoms with Crippen molar-refractivity contribution in [2.45, 2.75) is 210 Å². The van der Waals surface area contributed by atoms with E-state index in [4.69, 9.17) is 29.4 Å². The molecule has 0 aromatic carbocycles. The zero-order chi connectivity index (χ0) is 43.2. The van der Waals surface area contributed by atoms with Crippen LogP contribution in [-0.2, 0) is 32.9 Å². The van der Waals surface area contributed by atoms with E-state index in [0.717, 1.165) is 62.2 Å². The number of esters is 2. The molecule has 7 unspecified atom stereocenters. The van der Waals surface area contributed by atoms with Crippen LogP contribution in [0.4, 0.5) is 0 Å². The normalized spacial score (nSPS) is 16.7. The highest BCUT2D eigenvalue weighted by molar-refractivity contribution is 7.40. The molecule has 0 aliphatic rings. The molecule has 4 N–H and O–H groups in total. The fourth-order valence-electron chi connectivity index (χ4n) is 7.35. The van der Waals surface area contributed by atoms with Crippen molar-refractivity contribution in [2.75, 3.05) is 19.8 Å². The van der Waals surface area contributed by atoms with Crippen LogP contribution in [0.25, 0.3) is 0 Å². The number of ether oxygens (including phenoxy) is 2. The van der Waals surface area contributed by atoms with Gasteiger partial charge in [-0.1, -0.05) is 185 Å². The molecule has 57 heavy (non-hydrogen) atoms. The van der Waals surface area contributed by atoms with Crippen molar-refractivity contribution in [1.82, 2.24) is 0 Å². The number of carbonyl (C=O) groups excluding carboxylic acids is 2. The largest absolute Gasteiger partial charge is 0.480 e. The predicted octanol–water partition coefficient (Wildman–Crippen LogP) is 12.0. The second-order valence-electron chi connectivity index (χ2n) is 19.0. The third-order valence-corrected chi connectivity index (χ3v) is 12.1. The quantitative estimate of drug-likeness (QED) is 0.0404. The highest BCUT2D eigenvalue weighted by atomic mass is 31.2. The van der Waals surface area contributed by atoms with E-state index in [1.54, 1.807) is 0 Å². The zero-order valence-electron chi connectivity index (χ0n) is 38.3. The van der Waals surface area contributed by atoms with E-state index in [2.05, 4.69) is 62.3 Å². The second-order valence-corrected chi connectivity index (χ2v) is 20.0. The van der Waals surface area contributed by atoms with E-state index in [9.17, 15) is 19.3 Å². The van der Waals surface area contributed by atoms with Crippen LogP contribution in [0.1, 0.15) is 198 Å². The zero-order valence-corrected chi connectivity index (χ0v) is 39.2. The first-order chi connectivity index (χ1) is 26.9. The maximum Gasteiger partial charge on any atom is 0.330 e. The van der Waals surface area contributed by atoms with Crippen molar-refractivity contribution in [3.63, 3.8) is 0 Å². The molecule has 0 fully saturated rings. The molecule has 0 aromatic heterocycles. The summed E-state index contributed by atoms with van der Waals surface area (Å²) in [5, 5.41) is 8.97. The number of nitrogens with two attached hydrogens (primary N) is 1. The topological polar surface area (TPSA) is 155 Å². The Balaban J connectivity index is 4.72. The van der Waals surface area contributed by atoms with Crippen LogP contribution >= 0.6 is 8.60 Å². The van der Waals surface area contributed by atoms with Crippen LogP contribution in [0.5, 0.6) is 0 Å². The third-order valence-electron chi connectivity index (χ3n) is 11.3. The maximum absolute atomic E-state index is 13.0. The monoisotopic (exact) mass is 832 g/mol. The third kappa shape index (κ3) is 35.2. The lowest BCUT2D eigenvalue weighted by Crippen LogP contribution is -2.34. The summed E-state index contributed by atoms with van der Waals surface area (Å²) in [5.74, 6) is 2.69. The Morgan fingerprint density at radius 3 is 1.19 bits per heavy atom. The first-order valence-corrected chi connectivity index (χ1v) is 24.1. The molecule has 9 atom stereocenters. The van der Waals surface area contributed by atoms with E-state index < -0.39 is 39.3 Å². The van der Waals surface area contributed by atoms with Gasteiger partial charge in [-0.2, -0.15) is 0 Å². The molecule has 10 nitrogen and oxygen atoms in total. The molecule has 0 radical (unpaired) electrons. The second kappa shape index (κ2) is 34.4. The lowest BCUT2D eigenvalue weighted by Gasteiger charge is -2.21. The first kappa shape index (κ1) is 55.7. The summed E-state index contributed by atoms with van der Waals surface area (Å²) in [6, 6.07) is -1.32. The van der Waals surface area contributed by atoms with E-state index >= 15 is 0 Å². The van der Waals surface area contributed by atoms with Gasteiger partial charge in [-0.25, -0.2) is 0 Å². The molecule has 0 bridgehead atoms. The van der Waals surface area contributed by atoms with Crippen molar-refractivity contribution < 1.29 is 42.9 Å². The average molecular weight is 832 g/mol. The minimum absolute atomic E-state index is 0.122. The predicted molar refractivity (Wildman–Crippen MR) is 234 cm³/mol. The van der Waals surface area contributed by atoms with Gasteiger partial charge in [-0.05, 0) is 47.3 Å². The van der Waals surface area contributed by atoms with Crippen molar-refractivity contribution in [1.29, 1.82) is 0 Å². The fraction of sp³-hybridized carbons (Fsp3) is 0.935. The molecule has 0 aliphatic carbocycles. The lowest BCUT2D eigenvalue weighted by atomic mass is 9.91. The van der Waals surface area contributed by atoms with Crippen molar-refractivity contribution >= 4 is 26.5 Å². The standard InChI is InChI=1S/C46H90NO9P/c1-34(2)17-11-19-36(5)21-13-23-38(7)25-15-27-40(9)29-44(48)53-31-42(32-54-57(52)55-33-43(47)46(50)51)56-45(49)30-41(10)28-16-26-39(8)24-14-22-37(6)20-12-18-35(3)4/h34-43,52H,11-33,47H2,1-10H3,(H,50,51)/t36?,37?,38?,39?,40?,41?,42-,43+,57?/m1/s1. The highest BCUT2D eigenvalue weighted by Gasteiger charge is 2.23. The number of hydrogen-bond donors (Lipinski definition) is 3. The number of carbonyl (C=O) groups is 3. The summed E-state index contributed by atoms with van der Waals surface area (Å²) >= 11 is 0. The van der Waals surface area contributed by atoms with Gasteiger partial charge in [0, 0.05) is 12.8 Å². The Kier molecular flexibility index (Phi) is 33.6. The smallest absolute Gasteiger partial charge is 0.330 e. The lowest BCUT2D eigenvalue weighted by molar-refractivity contribution is -0.162. The summed E-state index contributed by atoms with van der Waals surface area (Å²) in [7, 11) is -2.48. The molecule has 0 spiro atoms. The Hall–Kier alpha value is -1.32. The van der Waals surface area contributed by atoms with Crippen molar-refractivity contribution in [3.8, 4) is 0 Å². The Morgan fingerprint density at radius 2 is 0.825 bits per heavy atom. The molecule has 0 aliphatic heterocycles. The molecule has 0 saturated carbocycles. The van der Waals surface area contributed by atoms with Gasteiger partial charge in [0.2, 0.25) is 0 Å². The van der Waals surface area contributed by atoms with Crippen LogP contribution in [0.2, 0.25) is 0 Å². The van der Waals surface area contributed by atoms with Crippen LogP contribution in [0.3, 0.4) is 0 Å². The highest BCUT2D eigenvalue weighted by Crippen LogP contribution is 2.33. The number of rotatable bonds is 38. The van der Waals surface area contributed by atoms with Gasteiger partial charge in [-0.15, -0.1) is 0 Å². The van der Waals surface area contributed by atoms with E-state index in [1.165, 1.54) is 77.0 Å². The minimum Gasteiger partial charge on any atom is -0.480 e. The fourth-order valence-corrected chi connectivity index (χ4v) is 8.01. The molecule has 338 valence electrons. The molecule has 11 heteroatoms. The van der Waals surface area contributed by atoms with Gasteiger partial charge in [0.05, 0.1) is 13.2 Å². The molecule has 0 amide bonds. The van der Waals surface area contributed by atoms with Gasteiger partial charge in [0.15, 0.2) is 6.10 Å². The van der Waals surface area contributed by atoms with Gasteiger partial charge < -0.3 is 34.3 Å². The summed E-state index contributed by atoms with van der Waals surface area (Å²) in [4.78, 5) is 46.9. The molecule has 0 saturated heterocycles. The average Bonchev–Trinajstić information content (AvgIpc) is 3.11. The number of hydrogen-bond acceptors (Lipinski definition) is 9. The first-order valence-electron chi connectivity index (χ1n) is 23.0. The number of aliphatic carboxylic acids is 1. The van der Waals surface area contributed by atoms with E-state index in [0.29, 0.717) is 11.8 Å². The summed E-state index contributed by atoms with van der Waals surface area (Å²) < 4.78 is 21.6. The number of carboxylic acid groups (broad SMARTS) is 1. The summed E-state index contributed by atoms with van der Waals surface area (Å²) in [5.41, 5.74) is 5.45. The van der Waals surface area contributed by atoms with Gasteiger partial charge in [0.1, 0.15) is 12.6 Å². The van der Waals surface area contributed by atoms with Crippen LogP contribution in [-0.4, -0.2) is 59.9 Å². The Labute approximate surface area is 351 Å². The van der Waals surface area contributed by atoms with Crippen molar-refractivity contribution in [2.24, 2.45) is 53.1 Å².